The Bertz CT molecular complexity index is 587. The fraction of sp³-hybridized carbons (Fsp3) is 0.545. The molecule has 102 valence electrons. The molecular formula is C11H15N5O3. The monoisotopic (exact) mass is 265 g/mol. The summed E-state index contributed by atoms with van der Waals surface area (Å²) in [5.41, 5.74) is 6.89. The maximum absolute atomic E-state index is 9.89. The third kappa shape index (κ3) is 2.03. The van der Waals surface area contributed by atoms with Crippen LogP contribution >= 0.6 is 0 Å². The second-order valence-electron chi connectivity index (χ2n) is 4.59. The second-order valence-corrected chi connectivity index (χ2v) is 4.59. The molecule has 0 aliphatic carbocycles. The normalized spacial score (nSPS) is 27.8. The van der Waals surface area contributed by atoms with Crippen LogP contribution in [0.2, 0.25) is 0 Å². The molecule has 2 aromatic rings. The SMILES string of the molecule is Nc1ncnc2c1ncn2[C@@H]1CO[C@H](CO)C(O)C1. The zero-order chi connectivity index (χ0) is 13.4. The molecule has 0 amide bonds. The van der Waals surface area contributed by atoms with E-state index in [2.05, 4.69) is 15.0 Å². The second kappa shape index (κ2) is 4.72. The van der Waals surface area contributed by atoms with Crippen LogP contribution in [0, 0.1) is 0 Å². The smallest absolute Gasteiger partial charge is 0.165 e. The summed E-state index contributed by atoms with van der Waals surface area (Å²) in [5.74, 6) is 0.328. The van der Waals surface area contributed by atoms with Crippen LogP contribution in [0.4, 0.5) is 5.82 Å². The number of fused-ring (bicyclic) bond motifs is 1. The number of anilines is 1. The van der Waals surface area contributed by atoms with Crippen LogP contribution in [0.1, 0.15) is 12.5 Å². The lowest BCUT2D eigenvalue weighted by Crippen LogP contribution is -2.41. The van der Waals surface area contributed by atoms with Gasteiger partial charge < -0.3 is 25.3 Å². The standard InChI is InChI=1S/C11H15N5O3/c12-10-9-11(14-4-13-10)16(5-15-9)6-1-7(18)8(2-17)19-3-6/h4-8,17-18H,1-3H2,(H2,12,13,14)/t6-,7?,8+/m0/s1. The summed E-state index contributed by atoms with van der Waals surface area (Å²) in [7, 11) is 0. The third-order valence-electron chi connectivity index (χ3n) is 3.41. The van der Waals surface area contributed by atoms with Crippen molar-refractivity contribution >= 4 is 17.0 Å². The van der Waals surface area contributed by atoms with Crippen LogP contribution in [0.25, 0.3) is 11.2 Å². The molecule has 8 nitrogen and oxygen atoms in total. The van der Waals surface area contributed by atoms with E-state index in [0.717, 1.165) is 0 Å². The van der Waals surface area contributed by atoms with Gasteiger partial charge >= 0.3 is 0 Å². The molecule has 19 heavy (non-hydrogen) atoms. The molecule has 0 radical (unpaired) electrons. The summed E-state index contributed by atoms with van der Waals surface area (Å²) in [6, 6.07) is -0.0860. The van der Waals surface area contributed by atoms with Gasteiger partial charge in [0.2, 0.25) is 0 Å². The maximum atomic E-state index is 9.89. The first-order valence-corrected chi connectivity index (χ1v) is 6.04. The summed E-state index contributed by atoms with van der Waals surface area (Å²) < 4.78 is 7.26. The molecule has 1 unspecified atom stereocenters. The van der Waals surface area contributed by atoms with Crippen molar-refractivity contribution in [3.05, 3.63) is 12.7 Å². The summed E-state index contributed by atoms with van der Waals surface area (Å²) in [4.78, 5) is 12.2. The van der Waals surface area contributed by atoms with Gasteiger partial charge in [-0.3, -0.25) is 0 Å². The lowest BCUT2D eigenvalue weighted by atomic mass is 10.0. The van der Waals surface area contributed by atoms with Crippen molar-refractivity contribution in [2.45, 2.75) is 24.7 Å². The van der Waals surface area contributed by atoms with Crippen LogP contribution in [-0.4, -0.2) is 55.2 Å². The summed E-state index contributed by atoms with van der Waals surface area (Å²) >= 11 is 0. The van der Waals surface area contributed by atoms with Gasteiger partial charge in [0.15, 0.2) is 11.5 Å². The van der Waals surface area contributed by atoms with Crippen LogP contribution in [-0.2, 0) is 4.74 Å². The van der Waals surface area contributed by atoms with Crippen molar-refractivity contribution in [1.29, 1.82) is 0 Å². The molecule has 3 atom stereocenters. The van der Waals surface area contributed by atoms with Gasteiger partial charge in [-0.2, -0.15) is 0 Å². The number of nitrogen functional groups attached to an aromatic ring is 1. The predicted molar refractivity (Wildman–Crippen MR) is 66.2 cm³/mol. The van der Waals surface area contributed by atoms with E-state index in [1.807, 2.05) is 4.57 Å². The van der Waals surface area contributed by atoms with Crippen LogP contribution in [0.3, 0.4) is 0 Å². The maximum Gasteiger partial charge on any atom is 0.165 e. The number of rotatable bonds is 2. The molecule has 3 heterocycles. The van der Waals surface area contributed by atoms with Crippen molar-refractivity contribution in [3.63, 3.8) is 0 Å². The van der Waals surface area contributed by atoms with Crippen molar-refractivity contribution in [2.75, 3.05) is 18.9 Å². The Hall–Kier alpha value is -1.77. The van der Waals surface area contributed by atoms with Crippen molar-refractivity contribution in [3.8, 4) is 0 Å². The molecular weight excluding hydrogens is 250 g/mol. The number of nitrogens with two attached hydrogens (primary N) is 1. The molecule has 1 aliphatic heterocycles. The lowest BCUT2D eigenvalue weighted by molar-refractivity contribution is -0.112. The minimum Gasteiger partial charge on any atom is -0.394 e. The molecule has 0 spiro atoms. The van der Waals surface area contributed by atoms with Crippen molar-refractivity contribution in [1.82, 2.24) is 19.5 Å². The molecule has 1 fully saturated rings. The van der Waals surface area contributed by atoms with Gasteiger partial charge in [0.25, 0.3) is 0 Å². The highest BCUT2D eigenvalue weighted by Crippen LogP contribution is 2.27. The number of nitrogens with zero attached hydrogens (tertiary/aromatic N) is 4. The molecule has 1 saturated heterocycles. The molecule has 0 bridgehead atoms. The summed E-state index contributed by atoms with van der Waals surface area (Å²) in [6.45, 7) is 0.200. The van der Waals surface area contributed by atoms with Gasteiger partial charge in [-0.05, 0) is 6.42 Å². The van der Waals surface area contributed by atoms with Crippen LogP contribution < -0.4 is 5.73 Å². The summed E-state index contributed by atoms with van der Waals surface area (Å²) in [5, 5.41) is 18.9. The number of aliphatic hydroxyl groups excluding tert-OH is 2. The zero-order valence-electron chi connectivity index (χ0n) is 10.2. The van der Waals surface area contributed by atoms with E-state index in [4.69, 9.17) is 15.6 Å². The molecule has 4 N–H and O–H groups in total. The van der Waals surface area contributed by atoms with Gasteiger partial charge in [-0.25, -0.2) is 15.0 Å². The van der Waals surface area contributed by atoms with Gasteiger partial charge in [-0.15, -0.1) is 0 Å². The molecule has 8 heteroatoms. The fourth-order valence-electron chi connectivity index (χ4n) is 2.35. The fourth-order valence-corrected chi connectivity index (χ4v) is 2.35. The Kier molecular flexibility index (Phi) is 3.05. The van der Waals surface area contributed by atoms with Gasteiger partial charge in [0, 0.05) is 0 Å². The molecule has 1 aliphatic rings. The Labute approximate surface area is 108 Å². The quantitative estimate of drug-likeness (QED) is 0.643. The lowest BCUT2D eigenvalue weighted by Gasteiger charge is -2.32. The van der Waals surface area contributed by atoms with Gasteiger partial charge in [0.05, 0.1) is 31.7 Å². The van der Waals surface area contributed by atoms with E-state index in [-0.39, 0.29) is 12.6 Å². The molecule has 0 saturated carbocycles. The highest BCUT2D eigenvalue weighted by Gasteiger charge is 2.31. The van der Waals surface area contributed by atoms with E-state index < -0.39 is 12.2 Å². The van der Waals surface area contributed by atoms with Crippen molar-refractivity contribution < 1.29 is 14.9 Å². The largest absolute Gasteiger partial charge is 0.394 e. The van der Waals surface area contributed by atoms with E-state index in [0.29, 0.717) is 30.0 Å². The Morgan fingerprint density at radius 1 is 1.42 bits per heavy atom. The highest BCUT2D eigenvalue weighted by molar-refractivity contribution is 5.81. The average molecular weight is 265 g/mol. The zero-order valence-corrected chi connectivity index (χ0v) is 10.2. The van der Waals surface area contributed by atoms with E-state index in [1.165, 1.54) is 6.33 Å². The number of aromatic nitrogens is 4. The number of aliphatic hydroxyl groups is 2. The first-order chi connectivity index (χ1) is 9.20. The van der Waals surface area contributed by atoms with Crippen molar-refractivity contribution in [2.24, 2.45) is 0 Å². The minimum atomic E-state index is -0.708. The van der Waals surface area contributed by atoms with E-state index in [1.54, 1.807) is 6.33 Å². The Morgan fingerprint density at radius 3 is 3.00 bits per heavy atom. The summed E-state index contributed by atoms with van der Waals surface area (Å²) in [6.07, 6.45) is 2.24. The third-order valence-corrected chi connectivity index (χ3v) is 3.41. The number of hydrogen-bond acceptors (Lipinski definition) is 7. The first kappa shape index (κ1) is 12.3. The topological polar surface area (TPSA) is 119 Å². The molecule has 2 aromatic heterocycles. The number of imidazole rings is 1. The predicted octanol–water partition coefficient (Wildman–Crippen LogP) is -0.908. The number of ether oxygens (including phenoxy) is 1. The number of hydrogen-bond donors (Lipinski definition) is 3. The molecule has 3 rings (SSSR count). The van der Waals surface area contributed by atoms with E-state index >= 15 is 0 Å². The Morgan fingerprint density at radius 2 is 2.26 bits per heavy atom. The molecule has 0 aromatic carbocycles. The first-order valence-electron chi connectivity index (χ1n) is 6.04. The minimum absolute atomic E-state index is 0.0860. The Balaban J connectivity index is 1.91. The van der Waals surface area contributed by atoms with Crippen LogP contribution in [0.15, 0.2) is 12.7 Å². The average Bonchev–Trinajstić information content (AvgIpc) is 2.84. The van der Waals surface area contributed by atoms with Crippen LogP contribution in [0.5, 0.6) is 0 Å². The van der Waals surface area contributed by atoms with Gasteiger partial charge in [-0.1, -0.05) is 0 Å². The van der Waals surface area contributed by atoms with E-state index in [9.17, 15) is 5.11 Å². The highest BCUT2D eigenvalue weighted by atomic mass is 16.5. The van der Waals surface area contributed by atoms with Gasteiger partial charge in [0.1, 0.15) is 17.9 Å².